The van der Waals surface area contributed by atoms with Gasteiger partial charge >= 0.3 is 6.18 Å². The van der Waals surface area contributed by atoms with Crippen LogP contribution in [0.5, 0.6) is 0 Å². The number of nitrogens with one attached hydrogen (secondary N) is 2. The van der Waals surface area contributed by atoms with Crippen molar-refractivity contribution in [3.8, 4) is 11.1 Å². The molecule has 0 unspecified atom stereocenters. The molecular formula is C21H25F3N2O4S. The molecule has 10 heteroatoms. The summed E-state index contributed by atoms with van der Waals surface area (Å²) >= 11 is 0. The van der Waals surface area contributed by atoms with Crippen LogP contribution in [0.1, 0.15) is 31.4 Å². The Balaban J connectivity index is 2.02. The molecule has 2 aromatic rings. The molecule has 2 aromatic carbocycles. The summed E-state index contributed by atoms with van der Waals surface area (Å²) in [6.45, 7) is 4.16. The van der Waals surface area contributed by atoms with Gasteiger partial charge in [-0.05, 0) is 41.2 Å². The Kier molecular flexibility index (Phi) is 8.21. The van der Waals surface area contributed by atoms with Gasteiger partial charge in [-0.2, -0.15) is 21.6 Å². The van der Waals surface area contributed by atoms with Crippen LogP contribution in [0.2, 0.25) is 0 Å². The molecular weight excluding hydrogens is 433 g/mol. The van der Waals surface area contributed by atoms with Gasteiger partial charge in [0.25, 0.3) is 10.1 Å². The number of hydrogen-bond donors (Lipinski definition) is 3. The number of rotatable bonds is 9. The third-order valence-corrected chi connectivity index (χ3v) is 5.01. The second kappa shape index (κ2) is 10.3. The van der Waals surface area contributed by atoms with Crippen LogP contribution in [0.15, 0.2) is 48.5 Å². The molecule has 31 heavy (non-hydrogen) atoms. The average molecular weight is 459 g/mol. The fourth-order valence-corrected chi connectivity index (χ4v) is 3.27. The van der Waals surface area contributed by atoms with Gasteiger partial charge in [-0.1, -0.05) is 50.2 Å². The quantitative estimate of drug-likeness (QED) is 0.497. The van der Waals surface area contributed by atoms with E-state index in [9.17, 15) is 26.4 Å². The summed E-state index contributed by atoms with van der Waals surface area (Å²) in [4.78, 5) is 12.3. The van der Waals surface area contributed by atoms with Gasteiger partial charge in [0, 0.05) is 6.54 Å². The van der Waals surface area contributed by atoms with Crippen LogP contribution in [-0.4, -0.2) is 30.8 Å². The largest absolute Gasteiger partial charge is 0.416 e. The van der Waals surface area contributed by atoms with E-state index >= 15 is 0 Å². The van der Waals surface area contributed by atoms with Crippen molar-refractivity contribution in [2.45, 2.75) is 39.0 Å². The first kappa shape index (κ1) is 24.8. The smallest absolute Gasteiger partial charge is 0.339 e. The minimum absolute atomic E-state index is 0.163. The SMILES string of the molecule is CC(C)C[C@@H](NCc1ccc(-c2ccc(C(F)(F)F)cc2)cc1)C(=O)NCS(=O)(=O)O. The van der Waals surface area contributed by atoms with Gasteiger partial charge in [0.2, 0.25) is 5.91 Å². The van der Waals surface area contributed by atoms with Crippen LogP contribution < -0.4 is 10.6 Å². The first-order valence-corrected chi connectivity index (χ1v) is 11.2. The molecule has 0 saturated carbocycles. The predicted octanol–water partition coefficient (Wildman–Crippen LogP) is 3.84. The first-order valence-electron chi connectivity index (χ1n) is 9.58. The van der Waals surface area contributed by atoms with Gasteiger partial charge in [-0.25, -0.2) is 0 Å². The van der Waals surface area contributed by atoms with E-state index in [1.807, 2.05) is 13.8 Å². The molecule has 0 aliphatic heterocycles. The zero-order chi connectivity index (χ0) is 23.2. The Bertz CT molecular complexity index is 973. The van der Waals surface area contributed by atoms with E-state index in [0.717, 1.165) is 23.3 Å². The van der Waals surface area contributed by atoms with Crippen molar-refractivity contribution in [2.24, 2.45) is 5.92 Å². The van der Waals surface area contributed by atoms with Crippen molar-refractivity contribution in [1.82, 2.24) is 10.6 Å². The molecule has 1 amide bonds. The van der Waals surface area contributed by atoms with E-state index in [4.69, 9.17) is 4.55 Å². The van der Waals surface area contributed by atoms with Crippen LogP contribution in [0.3, 0.4) is 0 Å². The highest BCUT2D eigenvalue weighted by Gasteiger charge is 2.30. The fraction of sp³-hybridized carbons (Fsp3) is 0.381. The van der Waals surface area contributed by atoms with Crippen molar-refractivity contribution in [3.05, 3.63) is 59.7 Å². The summed E-state index contributed by atoms with van der Waals surface area (Å²) in [7, 11) is -4.31. The molecule has 0 radical (unpaired) electrons. The maximum atomic E-state index is 12.7. The van der Waals surface area contributed by atoms with Gasteiger partial charge in [0.15, 0.2) is 0 Å². The number of amides is 1. The lowest BCUT2D eigenvalue weighted by Gasteiger charge is -2.20. The minimum atomic E-state index is -4.38. The summed E-state index contributed by atoms with van der Waals surface area (Å²) in [6, 6.07) is 11.4. The maximum Gasteiger partial charge on any atom is 0.416 e. The fourth-order valence-electron chi connectivity index (χ4n) is 2.95. The van der Waals surface area contributed by atoms with E-state index < -0.39 is 39.7 Å². The number of halogens is 3. The number of carbonyl (C=O) groups excluding carboxylic acids is 1. The monoisotopic (exact) mass is 458 g/mol. The number of benzene rings is 2. The molecule has 1 atom stereocenters. The van der Waals surface area contributed by atoms with E-state index in [1.165, 1.54) is 12.1 Å². The van der Waals surface area contributed by atoms with Crippen LogP contribution in [0.4, 0.5) is 13.2 Å². The standard InChI is InChI=1S/C21H25F3N2O4S/c1-14(2)11-19(20(27)26-13-31(28,29)30)25-12-15-3-5-16(6-4-15)17-7-9-18(10-8-17)21(22,23)24/h3-10,14,19,25H,11-13H2,1-2H3,(H,26,27)(H,28,29,30)/t19-/m1/s1. The normalized spacial score (nSPS) is 13.3. The lowest BCUT2D eigenvalue weighted by atomic mass is 10.0. The van der Waals surface area contributed by atoms with Crippen LogP contribution in [-0.2, 0) is 27.6 Å². The third kappa shape index (κ3) is 8.31. The Labute approximate surface area is 179 Å². The molecule has 0 aliphatic rings. The molecule has 0 heterocycles. The topological polar surface area (TPSA) is 95.5 Å². The Morgan fingerprint density at radius 2 is 1.52 bits per heavy atom. The summed E-state index contributed by atoms with van der Waals surface area (Å²) in [5.41, 5.74) is 1.53. The lowest BCUT2D eigenvalue weighted by molar-refractivity contribution is -0.137. The van der Waals surface area contributed by atoms with E-state index in [2.05, 4.69) is 10.6 Å². The highest BCUT2D eigenvalue weighted by atomic mass is 32.2. The average Bonchev–Trinajstić information content (AvgIpc) is 2.68. The Morgan fingerprint density at radius 1 is 1.00 bits per heavy atom. The molecule has 6 nitrogen and oxygen atoms in total. The molecule has 0 spiro atoms. The first-order chi connectivity index (χ1) is 14.3. The minimum Gasteiger partial charge on any atom is -0.339 e. The van der Waals surface area contributed by atoms with Gasteiger partial charge in [-0.15, -0.1) is 0 Å². The van der Waals surface area contributed by atoms with Crippen molar-refractivity contribution in [3.63, 3.8) is 0 Å². The second-order valence-corrected chi connectivity index (χ2v) is 9.05. The van der Waals surface area contributed by atoms with Crippen molar-refractivity contribution in [1.29, 1.82) is 0 Å². The highest BCUT2D eigenvalue weighted by Crippen LogP contribution is 2.31. The Hall–Kier alpha value is -2.43. The van der Waals surface area contributed by atoms with Crippen molar-refractivity contribution < 1.29 is 30.9 Å². The zero-order valence-electron chi connectivity index (χ0n) is 17.1. The molecule has 170 valence electrons. The second-order valence-electron chi connectivity index (χ2n) is 7.60. The van der Waals surface area contributed by atoms with E-state index in [-0.39, 0.29) is 5.92 Å². The molecule has 0 bridgehead atoms. The summed E-state index contributed by atoms with van der Waals surface area (Å²) in [6.07, 6.45) is -3.92. The van der Waals surface area contributed by atoms with Gasteiger partial charge in [0.1, 0.15) is 5.88 Å². The lowest BCUT2D eigenvalue weighted by Crippen LogP contribution is -2.46. The Morgan fingerprint density at radius 3 is 1.97 bits per heavy atom. The van der Waals surface area contributed by atoms with Crippen LogP contribution in [0.25, 0.3) is 11.1 Å². The van der Waals surface area contributed by atoms with Gasteiger partial charge in [0.05, 0.1) is 11.6 Å². The van der Waals surface area contributed by atoms with Crippen LogP contribution in [0, 0.1) is 5.92 Å². The summed E-state index contributed by atoms with van der Waals surface area (Å²) in [5, 5.41) is 5.26. The molecule has 2 rings (SSSR count). The molecule has 0 aliphatic carbocycles. The predicted molar refractivity (Wildman–Crippen MR) is 112 cm³/mol. The van der Waals surface area contributed by atoms with E-state index in [0.29, 0.717) is 18.5 Å². The summed E-state index contributed by atoms with van der Waals surface area (Å²) in [5.74, 6) is -1.23. The van der Waals surface area contributed by atoms with Crippen LogP contribution >= 0.6 is 0 Å². The maximum absolute atomic E-state index is 12.7. The molecule has 0 aromatic heterocycles. The van der Waals surface area contributed by atoms with Crippen molar-refractivity contribution in [2.75, 3.05) is 5.88 Å². The number of hydrogen-bond acceptors (Lipinski definition) is 4. The van der Waals surface area contributed by atoms with E-state index in [1.54, 1.807) is 24.3 Å². The van der Waals surface area contributed by atoms with Crippen molar-refractivity contribution >= 4 is 16.0 Å². The zero-order valence-corrected chi connectivity index (χ0v) is 17.9. The molecule has 3 N–H and O–H groups in total. The molecule has 0 saturated heterocycles. The number of carbonyl (C=O) groups is 1. The third-order valence-electron chi connectivity index (χ3n) is 4.50. The highest BCUT2D eigenvalue weighted by molar-refractivity contribution is 7.85. The van der Waals surface area contributed by atoms with Gasteiger partial charge < -0.3 is 10.6 Å². The van der Waals surface area contributed by atoms with Gasteiger partial charge in [-0.3, -0.25) is 9.35 Å². The number of alkyl halides is 3. The molecule has 0 fully saturated rings. The summed E-state index contributed by atoms with van der Waals surface area (Å²) < 4.78 is 68.5.